The van der Waals surface area contributed by atoms with Gasteiger partial charge in [0.25, 0.3) is 0 Å². The highest BCUT2D eigenvalue weighted by atomic mass is 14.7. The summed E-state index contributed by atoms with van der Waals surface area (Å²) in [7, 11) is 0. The number of hydrogen-bond donors (Lipinski definition) is 2. The molecule has 2 heteroatoms. The van der Waals surface area contributed by atoms with E-state index < -0.39 is 0 Å². The van der Waals surface area contributed by atoms with Crippen LogP contribution in [0.1, 0.15) is 55.9 Å². The molecule has 2 aromatic carbocycles. The number of aromatic amines is 1. The minimum absolute atomic E-state index is 0.177. The average Bonchev–Trinajstić information content (AvgIpc) is 2.93. The van der Waals surface area contributed by atoms with Crippen molar-refractivity contribution in [2.24, 2.45) is 5.73 Å². The molecule has 3 N–H and O–H groups in total. The predicted molar refractivity (Wildman–Crippen MR) is 114 cm³/mol. The van der Waals surface area contributed by atoms with Crippen LogP contribution in [0.25, 0.3) is 22.2 Å². The summed E-state index contributed by atoms with van der Waals surface area (Å²) >= 11 is 0. The number of fused-ring (bicyclic) bond motifs is 1. The van der Waals surface area contributed by atoms with Gasteiger partial charge in [0.15, 0.2) is 0 Å². The van der Waals surface area contributed by atoms with E-state index in [1.54, 1.807) is 0 Å². The summed E-state index contributed by atoms with van der Waals surface area (Å²) in [6.45, 7) is 11.9. The lowest BCUT2D eigenvalue weighted by molar-refractivity contribution is 0.590. The predicted octanol–water partition coefficient (Wildman–Crippen LogP) is 6.03. The van der Waals surface area contributed by atoms with Gasteiger partial charge in [0, 0.05) is 16.6 Å². The molecule has 0 atom stereocenters. The number of benzene rings is 2. The first kappa shape index (κ1) is 18.7. The van der Waals surface area contributed by atoms with Crippen molar-refractivity contribution >= 4 is 10.9 Å². The topological polar surface area (TPSA) is 41.8 Å². The van der Waals surface area contributed by atoms with Crippen molar-refractivity contribution in [3.8, 4) is 11.3 Å². The molecule has 0 spiro atoms. The maximum atomic E-state index is 5.73. The average molecular weight is 349 g/mol. The molecule has 138 valence electrons. The largest absolute Gasteiger partial charge is 0.354 e. The fraction of sp³-hybridized carbons (Fsp3) is 0.417. The second kappa shape index (κ2) is 7.28. The Balaban J connectivity index is 2.11. The number of nitrogens with two attached hydrogens (primary N) is 1. The quantitative estimate of drug-likeness (QED) is 0.543. The molecule has 0 radical (unpaired) electrons. The van der Waals surface area contributed by atoms with Gasteiger partial charge in [0.1, 0.15) is 0 Å². The van der Waals surface area contributed by atoms with Crippen molar-refractivity contribution in [2.75, 3.05) is 6.54 Å². The van der Waals surface area contributed by atoms with E-state index in [9.17, 15) is 0 Å². The summed E-state index contributed by atoms with van der Waals surface area (Å²) in [5, 5.41) is 1.39. The molecule has 0 aliphatic carbocycles. The number of aryl methyl sites for hydroxylation is 3. The second-order valence-corrected chi connectivity index (χ2v) is 8.56. The van der Waals surface area contributed by atoms with Gasteiger partial charge in [-0.15, -0.1) is 0 Å². The number of aromatic nitrogens is 1. The van der Waals surface area contributed by atoms with Crippen LogP contribution in [-0.4, -0.2) is 11.5 Å². The van der Waals surface area contributed by atoms with Gasteiger partial charge in [-0.2, -0.15) is 0 Å². The second-order valence-electron chi connectivity index (χ2n) is 8.56. The van der Waals surface area contributed by atoms with Gasteiger partial charge < -0.3 is 10.7 Å². The van der Waals surface area contributed by atoms with Crippen LogP contribution in [0.5, 0.6) is 0 Å². The van der Waals surface area contributed by atoms with E-state index in [1.807, 2.05) is 0 Å². The van der Waals surface area contributed by atoms with Crippen molar-refractivity contribution in [1.82, 2.24) is 4.98 Å². The Morgan fingerprint density at radius 1 is 0.962 bits per heavy atom. The molecule has 26 heavy (non-hydrogen) atoms. The molecular formula is C24H32N2. The molecule has 0 amide bonds. The lowest BCUT2D eigenvalue weighted by Crippen LogP contribution is -2.10. The maximum absolute atomic E-state index is 5.73. The number of rotatable bonds is 5. The SMILES string of the molecule is Cc1cc(C)c2c(CCCCN)c(-c3ccc(C(C)(C)C)cc3)[nH]c2c1. The summed E-state index contributed by atoms with van der Waals surface area (Å²) in [6, 6.07) is 13.6. The van der Waals surface area contributed by atoms with E-state index >= 15 is 0 Å². The van der Waals surface area contributed by atoms with E-state index in [-0.39, 0.29) is 5.41 Å². The summed E-state index contributed by atoms with van der Waals surface area (Å²) in [4.78, 5) is 3.72. The van der Waals surface area contributed by atoms with Gasteiger partial charge in [0.05, 0.1) is 0 Å². The monoisotopic (exact) mass is 348 g/mol. The smallest absolute Gasteiger partial charge is 0.0497 e. The first-order valence-electron chi connectivity index (χ1n) is 9.74. The molecule has 0 fully saturated rings. The molecule has 2 nitrogen and oxygen atoms in total. The molecule has 0 saturated heterocycles. The van der Waals surface area contributed by atoms with E-state index in [0.29, 0.717) is 0 Å². The van der Waals surface area contributed by atoms with Gasteiger partial charge in [-0.25, -0.2) is 0 Å². The van der Waals surface area contributed by atoms with Gasteiger partial charge in [0.2, 0.25) is 0 Å². The minimum atomic E-state index is 0.177. The Bertz CT molecular complexity index is 893. The number of unbranched alkanes of at least 4 members (excludes halogenated alkanes) is 1. The molecule has 1 aromatic heterocycles. The number of nitrogens with one attached hydrogen (secondary N) is 1. The Morgan fingerprint density at radius 2 is 1.65 bits per heavy atom. The highest BCUT2D eigenvalue weighted by Gasteiger charge is 2.17. The fourth-order valence-electron chi connectivity index (χ4n) is 3.88. The van der Waals surface area contributed by atoms with Crippen molar-refractivity contribution < 1.29 is 0 Å². The van der Waals surface area contributed by atoms with Crippen LogP contribution in [0, 0.1) is 13.8 Å². The van der Waals surface area contributed by atoms with Crippen LogP contribution in [0.4, 0.5) is 0 Å². The van der Waals surface area contributed by atoms with Crippen LogP contribution in [0.15, 0.2) is 36.4 Å². The van der Waals surface area contributed by atoms with Crippen LogP contribution in [-0.2, 0) is 11.8 Å². The normalized spacial score (nSPS) is 12.1. The van der Waals surface area contributed by atoms with E-state index in [1.165, 1.54) is 44.4 Å². The highest BCUT2D eigenvalue weighted by molar-refractivity contribution is 5.93. The molecule has 3 rings (SSSR count). The van der Waals surface area contributed by atoms with Crippen molar-refractivity contribution in [1.29, 1.82) is 0 Å². The molecule has 3 aromatic rings. The molecule has 0 aliphatic heterocycles. The van der Waals surface area contributed by atoms with Crippen LogP contribution in [0.2, 0.25) is 0 Å². The zero-order valence-corrected chi connectivity index (χ0v) is 16.9. The van der Waals surface area contributed by atoms with Gasteiger partial charge >= 0.3 is 0 Å². The number of H-pyrrole nitrogens is 1. The van der Waals surface area contributed by atoms with Gasteiger partial charge in [-0.1, -0.05) is 51.1 Å². The molecule has 0 bridgehead atoms. The zero-order valence-electron chi connectivity index (χ0n) is 16.9. The molecule has 0 unspecified atom stereocenters. The van der Waals surface area contributed by atoms with E-state index in [0.717, 1.165) is 25.8 Å². The van der Waals surface area contributed by atoms with Gasteiger partial charge in [-0.3, -0.25) is 0 Å². The van der Waals surface area contributed by atoms with Crippen LogP contribution < -0.4 is 5.73 Å². The Morgan fingerprint density at radius 3 is 2.27 bits per heavy atom. The highest BCUT2D eigenvalue weighted by Crippen LogP contribution is 2.35. The third kappa shape index (κ3) is 3.71. The summed E-state index contributed by atoms with van der Waals surface area (Å²) in [5.74, 6) is 0. The first-order valence-corrected chi connectivity index (χ1v) is 9.74. The molecular weight excluding hydrogens is 316 g/mol. The first-order chi connectivity index (χ1) is 12.3. The van der Waals surface area contributed by atoms with Crippen LogP contribution in [0.3, 0.4) is 0 Å². The zero-order chi connectivity index (χ0) is 18.9. The van der Waals surface area contributed by atoms with E-state index in [2.05, 4.69) is 76.0 Å². The third-order valence-corrected chi connectivity index (χ3v) is 5.26. The summed E-state index contributed by atoms with van der Waals surface area (Å²) in [6.07, 6.45) is 3.27. The van der Waals surface area contributed by atoms with Crippen molar-refractivity contribution in [2.45, 2.75) is 59.3 Å². The summed E-state index contributed by atoms with van der Waals surface area (Å²) in [5.41, 5.74) is 15.2. The third-order valence-electron chi connectivity index (χ3n) is 5.26. The summed E-state index contributed by atoms with van der Waals surface area (Å²) < 4.78 is 0. The lowest BCUT2D eigenvalue weighted by Gasteiger charge is -2.19. The van der Waals surface area contributed by atoms with Gasteiger partial charge in [-0.05, 0) is 79.0 Å². The number of hydrogen-bond acceptors (Lipinski definition) is 1. The lowest BCUT2D eigenvalue weighted by atomic mass is 9.86. The Hall–Kier alpha value is -2.06. The molecule has 1 heterocycles. The van der Waals surface area contributed by atoms with Crippen molar-refractivity contribution in [3.63, 3.8) is 0 Å². The Kier molecular flexibility index (Phi) is 5.24. The van der Waals surface area contributed by atoms with E-state index in [4.69, 9.17) is 5.73 Å². The molecule has 0 saturated carbocycles. The minimum Gasteiger partial charge on any atom is -0.354 e. The van der Waals surface area contributed by atoms with Crippen molar-refractivity contribution in [3.05, 3.63) is 58.7 Å². The van der Waals surface area contributed by atoms with Crippen LogP contribution >= 0.6 is 0 Å². The Labute approximate surface area is 157 Å². The standard InChI is InChI=1S/C24H32N2/c1-16-14-17(2)22-20(8-6-7-13-25)23(26-21(22)15-16)18-9-11-19(12-10-18)24(3,4)5/h9-12,14-15,26H,6-8,13,25H2,1-5H3. The molecule has 0 aliphatic rings. The fourth-order valence-corrected chi connectivity index (χ4v) is 3.88. The maximum Gasteiger partial charge on any atom is 0.0497 e.